The Labute approximate surface area is 223 Å². The molecule has 0 bridgehead atoms. The van der Waals surface area contributed by atoms with Crippen LogP contribution in [0.1, 0.15) is 37.0 Å². The molecule has 0 fully saturated rings. The third kappa shape index (κ3) is 8.00. The minimum atomic E-state index is -0.745. The van der Waals surface area contributed by atoms with E-state index < -0.39 is 6.04 Å². The third-order valence-corrected chi connectivity index (χ3v) is 6.73. The number of halogens is 2. The van der Waals surface area contributed by atoms with Crippen molar-refractivity contribution in [2.75, 3.05) is 6.61 Å². The van der Waals surface area contributed by atoms with Gasteiger partial charge in [0.2, 0.25) is 5.91 Å². The van der Waals surface area contributed by atoms with Gasteiger partial charge in [-0.25, -0.2) is 0 Å². The number of hydrogen-bond donors (Lipinski definition) is 1. The molecule has 0 heterocycles. The number of nitrogens with zero attached hydrogens (tertiary/aromatic N) is 1. The van der Waals surface area contributed by atoms with E-state index in [0.29, 0.717) is 22.2 Å². The molecule has 2 amide bonds. The Kier molecular flexibility index (Phi) is 10.2. The summed E-state index contributed by atoms with van der Waals surface area (Å²) in [6, 6.07) is 21.6. The summed E-state index contributed by atoms with van der Waals surface area (Å²) in [5.74, 6) is 0.0749. The number of amides is 2. The van der Waals surface area contributed by atoms with Crippen LogP contribution in [0.15, 0.2) is 72.8 Å². The van der Waals surface area contributed by atoms with Gasteiger partial charge in [-0.3, -0.25) is 9.59 Å². The minimum absolute atomic E-state index is 0.0264. The normalized spacial score (nSPS) is 12.5. The van der Waals surface area contributed by atoms with Gasteiger partial charge < -0.3 is 15.0 Å². The Bertz CT molecular complexity index is 1150. The lowest BCUT2D eigenvalue weighted by Gasteiger charge is -2.32. The maximum Gasteiger partial charge on any atom is 0.261 e. The summed E-state index contributed by atoms with van der Waals surface area (Å²) in [4.78, 5) is 28.7. The van der Waals surface area contributed by atoms with E-state index >= 15 is 0 Å². The highest BCUT2D eigenvalue weighted by molar-refractivity contribution is 6.42. The number of hydrogen-bond acceptors (Lipinski definition) is 3. The molecule has 0 aliphatic carbocycles. The fourth-order valence-electron chi connectivity index (χ4n) is 3.69. The Morgan fingerprint density at radius 1 is 0.944 bits per heavy atom. The number of rotatable bonds is 11. The van der Waals surface area contributed by atoms with E-state index in [0.717, 1.165) is 23.1 Å². The Morgan fingerprint density at radius 3 is 2.28 bits per heavy atom. The molecule has 36 heavy (non-hydrogen) atoms. The van der Waals surface area contributed by atoms with Crippen LogP contribution in [-0.4, -0.2) is 35.4 Å². The van der Waals surface area contributed by atoms with Gasteiger partial charge in [-0.15, -0.1) is 0 Å². The van der Waals surface area contributed by atoms with Crippen molar-refractivity contribution in [3.8, 4) is 5.75 Å². The summed E-state index contributed by atoms with van der Waals surface area (Å²) in [6.45, 7) is 5.91. The quantitative estimate of drug-likeness (QED) is 0.322. The molecule has 3 aromatic rings. The second-order valence-electron chi connectivity index (χ2n) is 8.90. The Hall–Kier alpha value is -3.02. The van der Waals surface area contributed by atoms with Gasteiger partial charge in [0, 0.05) is 19.0 Å². The average molecular weight is 527 g/mol. The molecule has 3 rings (SSSR count). The Balaban J connectivity index is 1.92. The molecule has 0 spiro atoms. The van der Waals surface area contributed by atoms with Crippen molar-refractivity contribution in [3.05, 3.63) is 99.5 Å². The highest BCUT2D eigenvalue weighted by Gasteiger charge is 2.31. The molecule has 0 radical (unpaired) electrons. The van der Waals surface area contributed by atoms with Crippen molar-refractivity contribution >= 4 is 35.0 Å². The lowest BCUT2D eigenvalue weighted by Crippen LogP contribution is -2.53. The van der Waals surface area contributed by atoms with Crippen LogP contribution >= 0.6 is 23.2 Å². The van der Waals surface area contributed by atoms with Crippen molar-refractivity contribution in [1.29, 1.82) is 0 Å². The summed E-state index contributed by atoms with van der Waals surface area (Å²) < 4.78 is 5.80. The molecule has 0 aliphatic heterocycles. The molecule has 0 saturated carbocycles. The standard InChI is InChI=1S/C29H32Cl2N2O3/c1-4-21(3)32-29(35)27(17-22-8-6-5-7-9-22)33(18-23-12-15-25(30)26(31)16-23)28(34)19-36-24-13-10-20(2)11-14-24/h5-16,21,27H,4,17-19H2,1-3H3,(H,32,35). The monoisotopic (exact) mass is 526 g/mol. The van der Waals surface area contributed by atoms with Crippen molar-refractivity contribution in [1.82, 2.24) is 10.2 Å². The first-order valence-electron chi connectivity index (χ1n) is 12.0. The highest BCUT2D eigenvalue weighted by Crippen LogP contribution is 2.24. The predicted octanol–water partition coefficient (Wildman–Crippen LogP) is 6.24. The average Bonchev–Trinajstić information content (AvgIpc) is 2.88. The van der Waals surface area contributed by atoms with Crippen LogP contribution in [0.3, 0.4) is 0 Å². The highest BCUT2D eigenvalue weighted by atomic mass is 35.5. The largest absolute Gasteiger partial charge is 0.484 e. The van der Waals surface area contributed by atoms with E-state index in [4.69, 9.17) is 27.9 Å². The van der Waals surface area contributed by atoms with Gasteiger partial charge in [0.15, 0.2) is 6.61 Å². The van der Waals surface area contributed by atoms with E-state index in [9.17, 15) is 9.59 Å². The lowest BCUT2D eigenvalue weighted by atomic mass is 10.0. The van der Waals surface area contributed by atoms with Crippen molar-refractivity contribution in [2.45, 2.75) is 52.2 Å². The number of nitrogens with one attached hydrogen (secondary N) is 1. The molecule has 1 N–H and O–H groups in total. The van der Waals surface area contributed by atoms with Crippen LogP contribution in [0.2, 0.25) is 10.0 Å². The van der Waals surface area contributed by atoms with Crippen LogP contribution in [0, 0.1) is 6.92 Å². The molecular weight excluding hydrogens is 495 g/mol. The van der Waals surface area contributed by atoms with Gasteiger partial charge in [-0.1, -0.05) is 84.2 Å². The zero-order valence-electron chi connectivity index (χ0n) is 20.8. The van der Waals surface area contributed by atoms with E-state index in [1.165, 1.54) is 0 Å². The van der Waals surface area contributed by atoms with Crippen molar-refractivity contribution in [2.24, 2.45) is 0 Å². The zero-order chi connectivity index (χ0) is 26.1. The van der Waals surface area contributed by atoms with Crippen LogP contribution in [0.5, 0.6) is 5.75 Å². The van der Waals surface area contributed by atoms with Crippen molar-refractivity contribution < 1.29 is 14.3 Å². The van der Waals surface area contributed by atoms with Crippen LogP contribution < -0.4 is 10.1 Å². The van der Waals surface area contributed by atoms with Crippen LogP contribution in [0.25, 0.3) is 0 Å². The van der Waals surface area contributed by atoms with E-state index in [2.05, 4.69) is 5.32 Å². The molecular formula is C29H32Cl2N2O3. The summed E-state index contributed by atoms with van der Waals surface area (Å²) in [5, 5.41) is 3.87. The lowest BCUT2D eigenvalue weighted by molar-refractivity contribution is -0.143. The number of carbonyl (C=O) groups is 2. The molecule has 0 aromatic heterocycles. The SMILES string of the molecule is CCC(C)NC(=O)C(Cc1ccccc1)N(Cc1ccc(Cl)c(Cl)c1)C(=O)COc1ccc(C)cc1. The van der Waals surface area contributed by atoms with Crippen LogP contribution in [0.4, 0.5) is 0 Å². The number of carbonyl (C=O) groups excluding carboxylic acids is 2. The second-order valence-corrected chi connectivity index (χ2v) is 9.71. The number of ether oxygens (including phenoxy) is 1. The Morgan fingerprint density at radius 2 is 1.64 bits per heavy atom. The van der Waals surface area contributed by atoms with E-state index in [-0.39, 0.29) is 31.0 Å². The molecule has 5 nitrogen and oxygen atoms in total. The number of benzene rings is 3. The molecule has 7 heteroatoms. The van der Waals surface area contributed by atoms with Crippen molar-refractivity contribution in [3.63, 3.8) is 0 Å². The van der Waals surface area contributed by atoms with Gasteiger partial charge in [-0.05, 0) is 55.7 Å². The van der Waals surface area contributed by atoms with Gasteiger partial charge in [-0.2, -0.15) is 0 Å². The molecule has 3 aromatic carbocycles. The van der Waals surface area contributed by atoms with Gasteiger partial charge in [0.05, 0.1) is 10.0 Å². The first-order chi connectivity index (χ1) is 17.3. The molecule has 0 aliphatic rings. The molecule has 2 unspecified atom stereocenters. The van der Waals surface area contributed by atoms with Gasteiger partial charge >= 0.3 is 0 Å². The molecule has 2 atom stereocenters. The maximum atomic E-state index is 13.6. The fraction of sp³-hybridized carbons (Fsp3) is 0.310. The summed E-state index contributed by atoms with van der Waals surface area (Å²) in [5.41, 5.74) is 2.82. The second kappa shape index (κ2) is 13.3. The van der Waals surface area contributed by atoms with E-state index in [1.807, 2.05) is 81.4 Å². The summed E-state index contributed by atoms with van der Waals surface area (Å²) >= 11 is 12.4. The topological polar surface area (TPSA) is 58.6 Å². The first-order valence-corrected chi connectivity index (χ1v) is 12.8. The minimum Gasteiger partial charge on any atom is -0.484 e. The molecule has 0 saturated heterocycles. The van der Waals surface area contributed by atoms with Gasteiger partial charge in [0.1, 0.15) is 11.8 Å². The molecule has 190 valence electrons. The smallest absolute Gasteiger partial charge is 0.261 e. The van der Waals surface area contributed by atoms with Crippen LogP contribution in [-0.2, 0) is 22.6 Å². The number of aryl methyl sites for hydroxylation is 1. The zero-order valence-corrected chi connectivity index (χ0v) is 22.4. The first kappa shape index (κ1) is 27.6. The maximum absolute atomic E-state index is 13.6. The van der Waals surface area contributed by atoms with Gasteiger partial charge in [0.25, 0.3) is 5.91 Å². The summed E-state index contributed by atoms with van der Waals surface area (Å²) in [7, 11) is 0. The third-order valence-electron chi connectivity index (χ3n) is 5.99. The fourth-order valence-corrected chi connectivity index (χ4v) is 4.01. The van der Waals surface area contributed by atoms with E-state index in [1.54, 1.807) is 17.0 Å². The summed E-state index contributed by atoms with van der Waals surface area (Å²) in [6.07, 6.45) is 1.14. The predicted molar refractivity (Wildman–Crippen MR) is 146 cm³/mol.